The topological polar surface area (TPSA) is 70.5 Å². The molecule has 0 saturated carbocycles. The van der Waals surface area contributed by atoms with Gasteiger partial charge in [0.25, 0.3) is 5.91 Å². The van der Waals surface area contributed by atoms with E-state index in [2.05, 4.69) is 4.98 Å². The van der Waals surface area contributed by atoms with Crippen LogP contribution in [0.25, 0.3) is 0 Å². The van der Waals surface area contributed by atoms with Crippen LogP contribution < -0.4 is 0 Å². The SMILES string of the molecule is Cc1ccncc1C(=O)N(C)CCC(=O)O. The van der Waals surface area contributed by atoms with E-state index < -0.39 is 5.97 Å². The number of hydrogen-bond acceptors (Lipinski definition) is 3. The second-order valence-electron chi connectivity index (χ2n) is 3.56. The molecule has 1 aromatic heterocycles. The summed E-state index contributed by atoms with van der Waals surface area (Å²) in [5.41, 5.74) is 1.34. The molecule has 5 heteroatoms. The van der Waals surface area contributed by atoms with Gasteiger partial charge in [0, 0.05) is 26.0 Å². The van der Waals surface area contributed by atoms with Gasteiger partial charge in [0.2, 0.25) is 0 Å². The molecular formula is C11H14N2O3. The van der Waals surface area contributed by atoms with Crippen molar-refractivity contribution in [2.45, 2.75) is 13.3 Å². The van der Waals surface area contributed by atoms with Crippen molar-refractivity contribution in [3.05, 3.63) is 29.6 Å². The van der Waals surface area contributed by atoms with Gasteiger partial charge in [-0.1, -0.05) is 0 Å². The normalized spacial score (nSPS) is 9.88. The quantitative estimate of drug-likeness (QED) is 0.822. The average Bonchev–Trinajstić information content (AvgIpc) is 2.25. The molecule has 0 aliphatic carbocycles. The van der Waals surface area contributed by atoms with Gasteiger partial charge in [-0.25, -0.2) is 0 Å². The van der Waals surface area contributed by atoms with Gasteiger partial charge in [-0.15, -0.1) is 0 Å². The van der Waals surface area contributed by atoms with Crippen LogP contribution in [-0.4, -0.2) is 40.5 Å². The van der Waals surface area contributed by atoms with Crippen molar-refractivity contribution >= 4 is 11.9 Å². The van der Waals surface area contributed by atoms with E-state index in [1.54, 1.807) is 19.3 Å². The smallest absolute Gasteiger partial charge is 0.305 e. The third-order valence-electron chi connectivity index (χ3n) is 2.28. The van der Waals surface area contributed by atoms with Crippen LogP contribution in [0.1, 0.15) is 22.3 Å². The fourth-order valence-electron chi connectivity index (χ4n) is 1.26. The highest BCUT2D eigenvalue weighted by Gasteiger charge is 2.14. The molecule has 0 aliphatic heterocycles. The summed E-state index contributed by atoms with van der Waals surface area (Å²) in [7, 11) is 1.58. The third kappa shape index (κ3) is 3.05. The number of nitrogens with zero attached hydrogens (tertiary/aromatic N) is 2. The van der Waals surface area contributed by atoms with Crippen molar-refractivity contribution in [3.8, 4) is 0 Å². The number of pyridine rings is 1. The van der Waals surface area contributed by atoms with Gasteiger partial charge in [-0.05, 0) is 18.6 Å². The summed E-state index contributed by atoms with van der Waals surface area (Å²) in [6.45, 7) is 2.02. The van der Waals surface area contributed by atoms with E-state index in [1.165, 1.54) is 11.1 Å². The number of amides is 1. The molecule has 1 N–H and O–H groups in total. The molecule has 0 saturated heterocycles. The number of carboxylic acid groups (broad SMARTS) is 1. The minimum Gasteiger partial charge on any atom is -0.481 e. The second kappa shape index (κ2) is 5.25. The standard InChI is InChI=1S/C11H14N2O3/c1-8-3-5-12-7-9(8)11(16)13(2)6-4-10(14)15/h3,5,7H,4,6H2,1-2H3,(H,14,15). The number of aromatic nitrogens is 1. The first-order valence-corrected chi connectivity index (χ1v) is 4.90. The van der Waals surface area contributed by atoms with Gasteiger partial charge >= 0.3 is 5.97 Å². The lowest BCUT2D eigenvalue weighted by Gasteiger charge is -2.16. The second-order valence-corrected chi connectivity index (χ2v) is 3.56. The molecule has 0 unspecified atom stereocenters. The highest BCUT2D eigenvalue weighted by Crippen LogP contribution is 2.08. The lowest BCUT2D eigenvalue weighted by atomic mass is 10.1. The van der Waals surface area contributed by atoms with Gasteiger partial charge in [0.15, 0.2) is 0 Å². The molecule has 16 heavy (non-hydrogen) atoms. The number of carboxylic acids is 1. The molecule has 0 fully saturated rings. The lowest BCUT2D eigenvalue weighted by molar-refractivity contribution is -0.137. The molecular weight excluding hydrogens is 208 g/mol. The number of rotatable bonds is 4. The summed E-state index contributed by atoms with van der Waals surface area (Å²) in [5, 5.41) is 8.52. The molecule has 86 valence electrons. The molecule has 1 heterocycles. The van der Waals surface area contributed by atoms with E-state index in [-0.39, 0.29) is 18.9 Å². The van der Waals surface area contributed by atoms with Crippen LogP contribution in [0.2, 0.25) is 0 Å². The fraction of sp³-hybridized carbons (Fsp3) is 0.364. The summed E-state index contributed by atoms with van der Waals surface area (Å²) < 4.78 is 0. The van der Waals surface area contributed by atoms with Crippen molar-refractivity contribution in [2.24, 2.45) is 0 Å². The summed E-state index contributed by atoms with van der Waals surface area (Å²) in [5.74, 6) is -1.12. The Labute approximate surface area is 93.7 Å². The van der Waals surface area contributed by atoms with Crippen molar-refractivity contribution in [1.82, 2.24) is 9.88 Å². The molecule has 0 aliphatic rings. The molecule has 0 aromatic carbocycles. The van der Waals surface area contributed by atoms with Crippen molar-refractivity contribution in [3.63, 3.8) is 0 Å². The summed E-state index contributed by atoms with van der Waals surface area (Å²) in [6, 6.07) is 1.75. The van der Waals surface area contributed by atoms with Crippen LogP contribution in [-0.2, 0) is 4.79 Å². The fourth-order valence-corrected chi connectivity index (χ4v) is 1.26. The monoisotopic (exact) mass is 222 g/mol. The predicted molar refractivity (Wildman–Crippen MR) is 58.2 cm³/mol. The maximum Gasteiger partial charge on any atom is 0.305 e. The Balaban J connectivity index is 2.71. The number of carbonyl (C=O) groups is 2. The Kier molecular flexibility index (Phi) is 3.99. The molecule has 1 rings (SSSR count). The van der Waals surface area contributed by atoms with E-state index in [4.69, 9.17) is 5.11 Å². The first-order valence-electron chi connectivity index (χ1n) is 4.90. The number of aliphatic carboxylic acids is 1. The zero-order valence-electron chi connectivity index (χ0n) is 9.30. The molecule has 1 aromatic rings. The van der Waals surface area contributed by atoms with Gasteiger partial charge in [-0.2, -0.15) is 0 Å². The van der Waals surface area contributed by atoms with Crippen LogP contribution >= 0.6 is 0 Å². The minimum atomic E-state index is -0.914. The zero-order chi connectivity index (χ0) is 12.1. The largest absolute Gasteiger partial charge is 0.481 e. The molecule has 0 atom stereocenters. The Hall–Kier alpha value is -1.91. The molecule has 1 amide bonds. The molecule has 0 radical (unpaired) electrons. The van der Waals surface area contributed by atoms with Crippen LogP contribution in [0.5, 0.6) is 0 Å². The van der Waals surface area contributed by atoms with Gasteiger partial charge < -0.3 is 10.0 Å². The van der Waals surface area contributed by atoms with Crippen LogP contribution in [0.3, 0.4) is 0 Å². The van der Waals surface area contributed by atoms with Gasteiger partial charge in [0.1, 0.15) is 0 Å². The Morgan fingerprint density at radius 1 is 1.50 bits per heavy atom. The number of hydrogen-bond donors (Lipinski definition) is 1. The van der Waals surface area contributed by atoms with Crippen molar-refractivity contribution in [1.29, 1.82) is 0 Å². The average molecular weight is 222 g/mol. The lowest BCUT2D eigenvalue weighted by Crippen LogP contribution is -2.29. The maximum atomic E-state index is 11.9. The summed E-state index contributed by atoms with van der Waals surface area (Å²) >= 11 is 0. The van der Waals surface area contributed by atoms with Crippen LogP contribution in [0.4, 0.5) is 0 Å². The number of aryl methyl sites for hydroxylation is 1. The molecule has 5 nitrogen and oxygen atoms in total. The Morgan fingerprint density at radius 3 is 2.75 bits per heavy atom. The highest BCUT2D eigenvalue weighted by atomic mass is 16.4. The van der Waals surface area contributed by atoms with E-state index in [9.17, 15) is 9.59 Å². The van der Waals surface area contributed by atoms with E-state index >= 15 is 0 Å². The first kappa shape index (κ1) is 12.2. The molecule has 0 bridgehead atoms. The highest BCUT2D eigenvalue weighted by molar-refractivity contribution is 5.95. The van der Waals surface area contributed by atoms with Gasteiger partial charge in [0.05, 0.1) is 12.0 Å². The Bertz CT molecular complexity index is 404. The first-order chi connectivity index (χ1) is 7.52. The number of carbonyl (C=O) groups excluding carboxylic acids is 1. The predicted octanol–water partition coefficient (Wildman–Crippen LogP) is 0.937. The van der Waals surface area contributed by atoms with Gasteiger partial charge in [-0.3, -0.25) is 14.6 Å². The summed E-state index contributed by atoms with van der Waals surface area (Å²) in [6.07, 6.45) is 3.06. The van der Waals surface area contributed by atoms with E-state index in [1.807, 2.05) is 6.92 Å². The molecule has 0 spiro atoms. The van der Waals surface area contributed by atoms with E-state index in [0.717, 1.165) is 5.56 Å². The van der Waals surface area contributed by atoms with Crippen LogP contribution in [0, 0.1) is 6.92 Å². The van der Waals surface area contributed by atoms with Crippen molar-refractivity contribution < 1.29 is 14.7 Å². The van der Waals surface area contributed by atoms with Crippen LogP contribution in [0.15, 0.2) is 18.5 Å². The summed E-state index contributed by atoms with van der Waals surface area (Å²) in [4.78, 5) is 27.5. The van der Waals surface area contributed by atoms with E-state index in [0.29, 0.717) is 5.56 Å². The maximum absolute atomic E-state index is 11.9. The zero-order valence-corrected chi connectivity index (χ0v) is 9.30. The minimum absolute atomic E-state index is 0.0540. The van der Waals surface area contributed by atoms with Crippen molar-refractivity contribution in [2.75, 3.05) is 13.6 Å². The Morgan fingerprint density at radius 2 is 2.19 bits per heavy atom. The third-order valence-corrected chi connectivity index (χ3v) is 2.28.